The minimum absolute atomic E-state index is 0.283. The molecule has 0 bridgehead atoms. The standard InChI is InChI=1S/C17H23N3O2S/c1-12(2)10-18-17-8-6-15(11-19-17)20-23(21,22)16-7-5-13(3)9-14(16)4/h5-9,11-12,20H,10H2,1-4H3,(H,18,19). The van der Waals surface area contributed by atoms with Crippen LogP contribution in [0.4, 0.5) is 11.5 Å². The first-order valence-corrected chi connectivity index (χ1v) is 9.06. The second kappa shape index (κ2) is 7.00. The molecule has 0 aliphatic carbocycles. The molecule has 124 valence electrons. The molecule has 0 radical (unpaired) electrons. The zero-order chi connectivity index (χ0) is 17.0. The van der Waals surface area contributed by atoms with Gasteiger partial charge in [0.15, 0.2) is 0 Å². The lowest BCUT2D eigenvalue weighted by molar-refractivity contribution is 0.600. The van der Waals surface area contributed by atoms with E-state index in [9.17, 15) is 8.42 Å². The van der Waals surface area contributed by atoms with Gasteiger partial charge in [-0.3, -0.25) is 4.72 Å². The van der Waals surface area contributed by atoms with Crippen molar-refractivity contribution in [2.45, 2.75) is 32.6 Å². The second-order valence-corrected chi connectivity index (χ2v) is 7.73. The van der Waals surface area contributed by atoms with Gasteiger partial charge < -0.3 is 5.32 Å². The number of hydrogen-bond acceptors (Lipinski definition) is 4. The topological polar surface area (TPSA) is 71.1 Å². The van der Waals surface area contributed by atoms with Crippen LogP contribution in [0.15, 0.2) is 41.4 Å². The van der Waals surface area contributed by atoms with Gasteiger partial charge in [-0.05, 0) is 43.5 Å². The van der Waals surface area contributed by atoms with Crippen molar-refractivity contribution < 1.29 is 8.42 Å². The molecule has 0 aliphatic heterocycles. The van der Waals surface area contributed by atoms with E-state index in [4.69, 9.17) is 0 Å². The van der Waals surface area contributed by atoms with Crippen LogP contribution in [0.3, 0.4) is 0 Å². The van der Waals surface area contributed by atoms with E-state index in [0.717, 1.165) is 23.5 Å². The number of aryl methyl sites for hydroxylation is 2. The molecule has 2 rings (SSSR count). The molecule has 6 heteroatoms. The molecular weight excluding hydrogens is 310 g/mol. The normalized spacial score (nSPS) is 11.5. The van der Waals surface area contributed by atoms with Gasteiger partial charge in [0, 0.05) is 6.54 Å². The Morgan fingerprint density at radius 1 is 1.13 bits per heavy atom. The summed E-state index contributed by atoms with van der Waals surface area (Å²) in [7, 11) is -3.61. The van der Waals surface area contributed by atoms with E-state index in [2.05, 4.69) is 28.9 Å². The fourth-order valence-corrected chi connectivity index (χ4v) is 3.45. The number of rotatable bonds is 6. The highest BCUT2D eigenvalue weighted by Crippen LogP contribution is 2.20. The molecule has 0 spiro atoms. The molecular formula is C17H23N3O2S. The van der Waals surface area contributed by atoms with Crippen molar-refractivity contribution in [3.05, 3.63) is 47.7 Å². The molecule has 0 amide bonds. The summed E-state index contributed by atoms with van der Waals surface area (Å²) in [5.74, 6) is 1.24. The molecule has 1 aromatic carbocycles. The first-order chi connectivity index (χ1) is 10.8. The highest BCUT2D eigenvalue weighted by atomic mass is 32.2. The van der Waals surface area contributed by atoms with Gasteiger partial charge in [-0.25, -0.2) is 13.4 Å². The van der Waals surface area contributed by atoms with Gasteiger partial charge >= 0.3 is 0 Å². The number of pyridine rings is 1. The lowest BCUT2D eigenvalue weighted by atomic mass is 10.2. The molecule has 0 unspecified atom stereocenters. The fourth-order valence-electron chi connectivity index (χ4n) is 2.18. The Morgan fingerprint density at radius 2 is 1.87 bits per heavy atom. The Kier molecular flexibility index (Phi) is 5.26. The van der Waals surface area contributed by atoms with Crippen molar-refractivity contribution >= 4 is 21.5 Å². The second-order valence-electron chi connectivity index (χ2n) is 6.08. The highest BCUT2D eigenvalue weighted by Gasteiger charge is 2.17. The van der Waals surface area contributed by atoms with Crippen molar-refractivity contribution in [1.82, 2.24) is 4.98 Å². The minimum Gasteiger partial charge on any atom is -0.370 e. The third-order valence-electron chi connectivity index (χ3n) is 3.33. The van der Waals surface area contributed by atoms with E-state index in [1.165, 1.54) is 6.20 Å². The molecule has 0 saturated heterocycles. The molecule has 23 heavy (non-hydrogen) atoms. The molecule has 1 heterocycles. The van der Waals surface area contributed by atoms with Crippen LogP contribution in [-0.2, 0) is 10.0 Å². The summed E-state index contributed by atoms with van der Waals surface area (Å²) < 4.78 is 27.5. The summed E-state index contributed by atoms with van der Waals surface area (Å²) in [5.41, 5.74) is 2.20. The number of nitrogens with zero attached hydrogens (tertiary/aromatic N) is 1. The Hall–Kier alpha value is -2.08. The van der Waals surface area contributed by atoms with Gasteiger partial charge in [0.1, 0.15) is 5.82 Å². The van der Waals surface area contributed by atoms with Crippen LogP contribution in [0.1, 0.15) is 25.0 Å². The third kappa shape index (κ3) is 4.69. The molecule has 2 aromatic rings. The summed E-state index contributed by atoms with van der Waals surface area (Å²) in [5, 5.41) is 3.19. The maximum atomic E-state index is 12.5. The van der Waals surface area contributed by atoms with Crippen LogP contribution in [0, 0.1) is 19.8 Å². The van der Waals surface area contributed by atoms with Crippen LogP contribution in [0.2, 0.25) is 0 Å². The Balaban J connectivity index is 2.14. The summed E-state index contributed by atoms with van der Waals surface area (Å²) >= 11 is 0. The Morgan fingerprint density at radius 3 is 2.43 bits per heavy atom. The van der Waals surface area contributed by atoms with Crippen molar-refractivity contribution in [2.24, 2.45) is 5.92 Å². The van der Waals surface area contributed by atoms with Crippen LogP contribution in [-0.4, -0.2) is 19.9 Å². The van der Waals surface area contributed by atoms with Gasteiger partial charge in [0.05, 0.1) is 16.8 Å². The monoisotopic (exact) mass is 333 g/mol. The van der Waals surface area contributed by atoms with Gasteiger partial charge in [0.25, 0.3) is 10.0 Å². The van der Waals surface area contributed by atoms with Gasteiger partial charge in [-0.2, -0.15) is 0 Å². The van der Waals surface area contributed by atoms with Crippen LogP contribution in [0.5, 0.6) is 0 Å². The van der Waals surface area contributed by atoms with Gasteiger partial charge in [-0.15, -0.1) is 0 Å². The predicted octanol–water partition coefficient (Wildman–Crippen LogP) is 3.57. The maximum Gasteiger partial charge on any atom is 0.262 e. The van der Waals surface area contributed by atoms with E-state index >= 15 is 0 Å². The molecule has 5 nitrogen and oxygen atoms in total. The summed E-state index contributed by atoms with van der Waals surface area (Å²) in [4.78, 5) is 4.51. The van der Waals surface area contributed by atoms with E-state index in [1.807, 2.05) is 13.0 Å². The van der Waals surface area contributed by atoms with Crippen molar-refractivity contribution in [3.8, 4) is 0 Å². The Labute approximate surface area is 138 Å². The average Bonchev–Trinajstić information content (AvgIpc) is 2.45. The number of sulfonamides is 1. The summed E-state index contributed by atoms with van der Waals surface area (Å²) in [6, 6.07) is 8.74. The number of hydrogen-bond donors (Lipinski definition) is 2. The van der Waals surface area contributed by atoms with Crippen molar-refractivity contribution in [1.29, 1.82) is 0 Å². The number of benzene rings is 1. The van der Waals surface area contributed by atoms with E-state index in [-0.39, 0.29) is 4.90 Å². The molecule has 0 saturated carbocycles. The first kappa shape index (κ1) is 17.3. The highest BCUT2D eigenvalue weighted by molar-refractivity contribution is 7.92. The third-order valence-corrected chi connectivity index (χ3v) is 4.87. The minimum atomic E-state index is -3.61. The van der Waals surface area contributed by atoms with E-state index in [0.29, 0.717) is 11.6 Å². The smallest absolute Gasteiger partial charge is 0.262 e. The Bertz CT molecular complexity index is 769. The zero-order valence-corrected chi connectivity index (χ0v) is 14.7. The maximum absolute atomic E-state index is 12.5. The SMILES string of the molecule is Cc1ccc(S(=O)(=O)Nc2ccc(NCC(C)C)nc2)c(C)c1. The fraction of sp³-hybridized carbons (Fsp3) is 0.353. The number of anilines is 2. The molecule has 0 fully saturated rings. The first-order valence-electron chi connectivity index (χ1n) is 7.58. The lowest BCUT2D eigenvalue weighted by Crippen LogP contribution is -2.15. The van der Waals surface area contributed by atoms with Gasteiger partial charge in [-0.1, -0.05) is 31.5 Å². The van der Waals surface area contributed by atoms with Crippen LogP contribution >= 0.6 is 0 Å². The summed E-state index contributed by atoms with van der Waals surface area (Å²) in [6.45, 7) is 8.77. The molecule has 2 N–H and O–H groups in total. The number of nitrogens with one attached hydrogen (secondary N) is 2. The largest absolute Gasteiger partial charge is 0.370 e. The van der Waals surface area contributed by atoms with E-state index in [1.54, 1.807) is 31.2 Å². The van der Waals surface area contributed by atoms with Crippen molar-refractivity contribution in [3.63, 3.8) is 0 Å². The zero-order valence-electron chi connectivity index (χ0n) is 13.9. The van der Waals surface area contributed by atoms with Crippen LogP contribution < -0.4 is 10.0 Å². The molecule has 0 atom stereocenters. The van der Waals surface area contributed by atoms with E-state index < -0.39 is 10.0 Å². The van der Waals surface area contributed by atoms with Crippen molar-refractivity contribution in [2.75, 3.05) is 16.6 Å². The average molecular weight is 333 g/mol. The quantitative estimate of drug-likeness (QED) is 0.848. The van der Waals surface area contributed by atoms with Crippen LogP contribution in [0.25, 0.3) is 0 Å². The predicted molar refractivity (Wildman–Crippen MR) is 94.3 cm³/mol. The lowest BCUT2D eigenvalue weighted by Gasteiger charge is -2.12. The number of aromatic nitrogens is 1. The molecule has 1 aromatic heterocycles. The molecule has 0 aliphatic rings. The summed E-state index contributed by atoms with van der Waals surface area (Å²) in [6.07, 6.45) is 1.52. The van der Waals surface area contributed by atoms with Gasteiger partial charge in [0.2, 0.25) is 0 Å².